The molecule has 3 aliphatic rings. The fourth-order valence-electron chi connectivity index (χ4n) is 7.83. The molecule has 2 aliphatic carbocycles. The van der Waals surface area contributed by atoms with Crippen LogP contribution >= 0.6 is 0 Å². The molecule has 2 saturated carbocycles. The molecule has 1 aromatic carbocycles. The van der Waals surface area contributed by atoms with Crippen molar-refractivity contribution in [3.05, 3.63) is 17.7 Å². The third kappa shape index (κ3) is 3.62. The Bertz CT molecular complexity index is 934. The highest BCUT2D eigenvalue weighted by atomic mass is 16.6. The molecule has 0 spiro atoms. The lowest BCUT2D eigenvalue weighted by Gasteiger charge is -2.65. The van der Waals surface area contributed by atoms with Gasteiger partial charge in [-0.25, -0.2) is 0 Å². The summed E-state index contributed by atoms with van der Waals surface area (Å²) in [6.07, 6.45) is 6.92. The van der Waals surface area contributed by atoms with E-state index in [1.54, 1.807) is 6.07 Å². The van der Waals surface area contributed by atoms with Crippen LogP contribution in [0.25, 0.3) is 0 Å². The van der Waals surface area contributed by atoms with Crippen LogP contribution in [0, 0.1) is 22.7 Å². The minimum Gasteiger partial charge on any atom is -0.487 e. The van der Waals surface area contributed by atoms with Crippen molar-refractivity contribution >= 4 is 11.9 Å². The van der Waals surface area contributed by atoms with Crippen LogP contribution in [-0.2, 0) is 9.59 Å². The van der Waals surface area contributed by atoms with Crippen LogP contribution in [0.2, 0.25) is 0 Å². The Hall–Kier alpha value is -2.04. The third-order valence-corrected chi connectivity index (χ3v) is 8.74. The first-order valence-electron chi connectivity index (χ1n) is 12.1. The highest BCUT2D eigenvalue weighted by Crippen LogP contribution is 2.68. The van der Waals surface area contributed by atoms with Gasteiger partial charge in [0.15, 0.2) is 11.5 Å². The second kappa shape index (κ2) is 7.78. The maximum absolute atomic E-state index is 11.8. The van der Waals surface area contributed by atoms with E-state index in [4.69, 9.17) is 14.2 Å². The molecule has 5 nitrogen and oxygen atoms in total. The summed E-state index contributed by atoms with van der Waals surface area (Å²) in [4.78, 5) is 23.5. The van der Waals surface area contributed by atoms with Crippen LogP contribution < -0.4 is 14.2 Å². The van der Waals surface area contributed by atoms with E-state index in [1.807, 2.05) is 6.07 Å². The van der Waals surface area contributed by atoms with Crippen molar-refractivity contribution in [2.24, 2.45) is 22.7 Å². The highest BCUT2D eigenvalue weighted by molar-refractivity contribution is 5.74. The van der Waals surface area contributed by atoms with Crippen molar-refractivity contribution in [3.63, 3.8) is 0 Å². The number of esters is 2. The molecule has 1 heterocycles. The molecular weight excluding hydrogens is 404 g/mol. The Kier molecular flexibility index (Phi) is 5.62. The molecule has 32 heavy (non-hydrogen) atoms. The first kappa shape index (κ1) is 23.1. The Balaban J connectivity index is 1.85. The van der Waals surface area contributed by atoms with Gasteiger partial charge in [-0.05, 0) is 67.8 Å². The van der Waals surface area contributed by atoms with Gasteiger partial charge in [0.1, 0.15) is 11.4 Å². The van der Waals surface area contributed by atoms with Crippen molar-refractivity contribution in [2.45, 2.75) is 98.5 Å². The van der Waals surface area contributed by atoms with E-state index in [0.717, 1.165) is 24.2 Å². The average Bonchev–Trinajstić information content (AvgIpc) is 2.65. The predicted molar refractivity (Wildman–Crippen MR) is 123 cm³/mol. The van der Waals surface area contributed by atoms with E-state index in [-0.39, 0.29) is 22.7 Å². The van der Waals surface area contributed by atoms with Crippen LogP contribution in [0.1, 0.15) is 98.5 Å². The molecule has 5 heteroatoms. The van der Waals surface area contributed by atoms with Crippen LogP contribution in [0.5, 0.6) is 17.2 Å². The van der Waals surface area contributed by atoms with Crippen LogP contribution in [0.3, 0.4) is 0 Å². The van der Waals surface area contributed by atoms with Crippen LogP contribution in [0.4, 0.5) is 0 Å². The molecule has 0 N–H and O–H groups in total. The average molecular weight is 443 g/mol. The molecular formula is C27H38O5. The molecule has 0 bridgehead atoms. The lowest BCUT2D eigenvalue weighted by atomic mass is 9.43. The van der Waals surface area contributed by atoms with Gasteiger partial charge in [0.25, 0.3) is 0 Å². The van der Waals surface area contributed by atoms with Gasteiger partial charge >= 0.3 is 11.9 Å². The van der Waals surface area contributed by atoms with Gasteiger partial charge in [-0.15, -0.1) is 0 Å². The number of ether oxygens (including phenoxy) is 3. The number of hydrogen-bond acceptors (Lipinski definition) is 5. The molecule has 1 aromatic rings. The maximum Gasteiger partial charge on any atom is 0.308 e. The molecule has 1 aliphatic heterocycles. The Morgan fingerprint density at radius 1 is 1.00 bits per heavy atom. The van der Waals surface area contributed by atoms with Gasteiger partial charge < -0.3 is 14.2 Å². The summed E-state index contributed by atoms with van der Waals surface area (Å²) < 4.78 is 17.6. The Morgan fingerprint density at radius 2 is 1.62 bits per heavy atom. The lowest BCUT2D eigenvalue weighted by molar-refractivity contribution is -0.173. The van der Waals surface area contributed by atoms with Gasteiger partial charge in [0, 0.05) is 31.4 Å². The first-order valence-corrected chi connectivity index (χ1v) is 12.1. The number of carbonyl (C=O) groups is 2. The molecule has 0 amide bonds. The monoisotopic (exact) mass is 442 g/mol. The Morgan fingerprint density at radius 3 is 2.22 bits per heavy atom. The summed E-state index contributed by atoms with van der Waals surface area (Å²) in [6.45, 7) is 14.6. The number of benzene rings is 1. The normalized spacial score (nSPS) is 34.9. The highest BCUT2D eigenvalue weighted by Gasteiger charge is 2.63. The zero-order valence-electron chi connectivity index (χ0n) is 20.7. The number of fused-ring (bicyclic) bond motifs is 4. The number of rotatable bonds is 3. The minimum absolute atomic E-state index is 0.184. The molecule has 176 valence electrons. The molecule has 0 saturated heterocycles. The number of carbonyl (C=O) groups excluding carboxylic acids is 2. The fraction of sp³-hybridized carbons (Fsp3) is 0.704. The van der Waals surface area contributed by atoms with E-state index in [9.17, 15) is 9.59 Å². The van der Waals surface area contributed by atoms with Crippen molar-refractivity contribution < 1.29 is 23.8 Å². The Labute approximate surface area is 192 Å². The summed E-state index contributed by atoms with van der Waals surface area (Å²) >= 11 is 0. The summed E-state index contributed by atoms with van der Waals surface area (Å²) in [5.41, 5.74) is 1.30. The lowest BCUT2D eigenvalue weighted by Crippen LogP contribution is -2.62. The van der Waals surface area contributed by atoms with E-state index < -0.39 is 11.9 Å². The first-order chi connectivity index (χ1) is 14.9. The fourth-order valence-corrected chi connectivity index (χ4v) is 7.83. The minimum atomic E-state index is -0.456. The van der Waals surface area contributed by atoms with Gasteiger partial charge in [-0.3, -0.25) is 9.59 Å². The molecule has 2 fully saturated rings. The molecule has 0 unspecified atom stereocenters. The largest absolute Gasteiger partial charge is 0.487 e. The quantitative estimate of drug-likeness (QED) is 0.399. The predicted octanol–water partition coefficient (Wildman–Crippen LogP) is 6.42. The maximum atomic E-state index is 11.8. The van der Waals surface area contributed by atoms with E-state index in [1.165, 1.54) is 39.5 Å². The second-order valence-electron chi connectivity index (χ2n) is 11.4. The summed E-state index contributed by atoms with van der Waals surface area (Å²) in [5, 5.41) is 0. The van der Waals surface area contributed by atoms with Crippen LogP contribution in [0.15, 0.2) is 12.1 Å². The van der Waals surface area contributed by atoms with E-state index >= 15 is 0 Å². The van der Waals surface area contributed by atoms with Crippen molar-refractivity contribution in [2.75, 3.05) is 0 Å². The molecule has 0 radical (unpaired) electrons. The van der Waals surface area contributed by atoms with Crippen molar-refractivity contribution in [1.82, 2.24) is 0 Å². The van der Waals surface area contributed by atoms with Gasteiger partial charge in [0.2, 0.25) is 0 Å². The zero-order valence-corrected chi connectivity index (χ0v) is 20.7. The molecule has 5 atom stereocenters. The summed E-state index contributed by atoms with van der Waals surface area (Å²) in [5.74, 6) is 1.70. The standard InChI is InChI=1S/C27H38O5/c1-8-18-19-14-21(30-16(2)28)22(31-17(3)29)15-20(19)32-27(7)13-10-23-25(4,5)11-9-12-26(23,6)24(18)27/h14-15,18,23-24H,8-13H2,1-7H3/t18-,23+,24-,26+,27+/m1/s1. The molecule has 4 rings (SSSR count). The number of hydrogen-bond donors (Lipinski definition) is 0. The van der Waals surface area contributed by atoms with Crippen molar-refractivity contribution in [3.8, 4) is 17.2 Å². The second-order valence-corrected chi connectivity index (χ2v) is 11.4. The van der Waals surface area contributed by atoms with E-state index in [0.29, 0.717) is 23.0 Å². The smallest absolute Gasteiger partial charge is 0.308 e. The third-order valence-electron chi connectivity index (χ3n) is 8.74. The zero-order chi connectivity index (χ0) is 23.5. The van der Waals surface area contributed by atoms with Crippen LogP contribution in [-0.4, -0.2) is 17.5 Å². The summed E-state index contributed by atoms with van der Waals surface area (Å²) in [7, 11) is 0. The van der Waals surface area contributed by atoms with Gasteiger partial charge in [-0.2, -0.15) is 0 Å². The molecule has 0 aromatic heterocycles. The van der Waals surface area contributed by atoms with Crippen molar-refractivity contribution in [1.29, 1.82) is 0 Å². The van der Waals surface area contributed by atoms with Gasteiger partial charge in [-0.1, -0.05) is 34.1 Å². The van der Waals surface area contributed by atoms with E-state index in [2.05, 4.69) is 34.6 Å². The van der Waals surface area contributed by atoms with Gasteiger partial charge in [0.05, 0.1) is 0 Å². The topological polar surface area (TPSA) is 61.8 Å². The summed E-state index contributed by atoms with van der Waals surface area (Å²) in [6, 6.07) is 3.63. The SMILES string of the molecule is CC[C@@H]1c2cc(OC(C)=O)c(OC(C)=O)cc2O[C@@]2(C)CC[C@H]3C(C)(C)CCC[C@]3(C)[C@@H]12.